The molecule has 2 amide bonds. The topological polar surface area (TPSA) is 89.6 Å². The van der Waals surface area contributed by atoms with Gasteiger partial charge in [0.15, 0.2) is 11.5 Å². The van der Waals surface area contributed by atoms with E-state index in [1.54, 1.807) is 24.6 Å². The third-order valence-corrected chi connectivity index (χ3v) is 7.15. The van der Waals surface area contributed by atoms with E-state index in [0.29, 0.717) is 32.8 Å². The molecule has 1 aromatic heterocycles. The van der Waals surface area contributed by atoms with Gasteiger partial charge in [-0.3, -0.25) is 9.59 Å². The fourth-order valence-electron chi connectivity index (χ4n) is 4.00. The van der Waals surface area contributed by atoms with Crippen molar-refractivity contribution in [1.29, 1.82) is 0 Å². The zero-order valence-corrected chi connectivity index (χ0v) is 21.4. The molecule has 1 heterocycles. The third kappa shape index (κ3) is 6.45. The number of methoxy groups -OCH3 is 1. The number of hydrogen-bond donors (Lipinski definition) is 2. The summed E-state index contributed by atoms with van der Waals surface area (Å²) in [5, 5.41) is 9.21. The molecule has 2 unspecified atom stereocenters. The number of benzene rings is 2. The molecule has 1 fully saturated rings. The lowest BCUT2D eigenvalue weighted by atomic mass is 9.90. The second-order valence-electron chi connectivity index (χ2n) is 8.13. The van der Waals surface area contributed by atoms with Crippen molar-refractivity contribution in [3.63, 3.8) is 0 Å². The van der Waals surface area contributed by atoms with Crippen LogP contribution in [0.1, 0.15) is 51.5 Å². The smallest absolute Gasteiger partial charge is 0.271 e. The third-order valence-electron chi connectivity index (χ3n) is 5.78. The maximum atomic E-state index is 12.9. The van der Waals surface area contributed by atoms with Crippen LogP contribution < -0.4 is 20.1 Å². The molecule has 0 aliphatic heterocycles. The van der Waals surface area contributed by atoms with Crippen molar-refractivity contribution in [1.82, 2.24) is 15.6 Å². The van der Waals surface area contributed by atoms with Crippen molar-refractivity contribution in [2.24, 2.45) is 0 Å². The molecule has 7 nitrogen and oxygen atoms in total. The molecule has 0 bridgehead atoms. The Kier molecular flexibility index (Phi) is 8.49. The van der Waals surface area contributed by atoms with E-state index in [0.717, 1.165) is 25.7 Å². The summed E-state index contributed by atoms with van der Waals surface area (Å²) in [6.45, 7) is 0.224. The van der Waals surface area contributed by atoms with Gasteiger partial charge >= 0.3 is 0 Å². The maximum Gasteiger partial charge on any atom is 0.271 e. The predicted octanol–water partition coefficient (Wildman–Crippen LogP) is 5.51. The van der Waals surface area contributed by atoms with Gasteiger partial charge in [-0.15, -0.1) is 11.3 Å². The summed E-state index contributed by atoms with van der Waals surface area (Å²) in [5.41, 5.74) is 0.677. The Balaban J connectivity index is 1.36. The number of carbonyl (C=O) groups is 2. The van der Waals surface area contributed by atoms with Crippen LogP contribution in [0.4, 0.5) is 0 Å². The number of nitrogens with one attached hydrogen (secondary N) is 2. The molecule has 1 aliphatic carbocycles. The molecule has 10 heteroatoms. The summed E-state index contributed by atoms with van der Waals surface area (Å²) in [7, 11) is 1.58. The van der Waals surface area contributed by atoms with Crippen molar-refractivity contribution in [2.45, 2.75) is 44.4 Å². The Bertz CT molecular complexity index is 1200. The monoisotopic (exact) mass is 533 g/mol. The largest absolute Gasteiger partial charge is 0.493 e. The first-order valence-electron chi connectivity index (χ1n) is 11.2. The van der Waals surface area contributed by atoms with E-state index in [1.807, 2.05) is 24.3 Å². The average Bonchev–Trinajstić information content (AvgIpc) is 3.33. The van der Waals surface area contributed by atoms with Crippen LogP contribution in [0.3, 0.4) is 0 Å². The molecule has 2 N–H and O–H groups in total. The van der Waals surface area contributed by atoms with E-state index in [1.165, 1.54) is 17.4 Å². The number of nitrogens with zero attached hydrogens (tertiary/aromatic N) is 1. The fourth-order valence-corrected chi connectivity index (χ4v) is 5.18. The zero-order chi connectivity index (χ0) is 24.8. The van der Waals surface area contributed by atoms with Crippen molar-refractivity contribution in [3.05, 3.63) is 74.2 Å². The number of carbonyl (C=O) groups excluding carboxylic acids is 2. The highest BCUT2D eigenvalue weighted by Gasteiger charge is 2.29. The minimum absolute atomic E-state index is 0.207. The Morgan fingerprint density at radius 3 is 2.40 bits per heavy atom. The number of hydrogen-bond acceptors (Lipinski definition) is 6. The molecule has 184 valence electrons. The van der Waals surface area contributed by atoms with Gasteiger partial charge in [0.25, 0.3) is 11.8 Å². The first-order chi connectivity index (χ1) is 16.9. The van der Waals surface area contributed by atoms with Crippen LogP contribution >= 0.6 is 34.5 Å². The average molecular weight is 534 g/mol. The second-order valence-corrected chi connectivity index (χ2v) is 9.92. The van der Waals surface area contributed by atoms with Gasteiger partial charge in [-0.2, -0.15) is 0 Å². The summed E-state index contributed by atoms with van der Waals surface area (Å²) in [4.78, 5) is 30.1. The molecule has 3 aromatic rings. The van der Waals surface area contributed by atoms with Crippen molar-refractivity contribution in [3.8, 4) is 11.5 Å². The number of ether oxygens (including phenoxy) is 2. The van der Waals surface area contributed by atoms with Crippen LogP contribution in [0.15, 0.2) is 47.8 Å². The van der Waals surface area contributed by atoms with E-state index in [9.17, 15) is 9.59 Å². The van der Waals surface area contributed by atoms with Crippen LogP contribution in [-0.2, 0) is 6.61 Å². The number of halogens is 2. The molecule has 4 rings (SSSR count). The molecule has 0 spiro atoms. The summed E-state index contributed by atoms with van der Waals surface area (Å²) < 4.78 is 11.1. The molecular formula is C25H25Cl2N3O4S. The Labute approximate surface area is 217 Å². The Morgan fingerprint density at radius 1 is 1.03 bits per heavy atom. The molecule has 35 heavy (non-hydrogen) atoms. The zero-order valence-electron chi connectivity index (χ0n) is 19.1. The summed E-state index contributed by atoms with van der Waals surface area (Å²) in [6.07, 6.45) is 3.46. The first-order valence-corrected chi connectivity index (χ1v) is 12.8. The molecule has 1 saturated carbocycles. The highest BCUT2D eigenvalue weighted by atomic mass is 35.5. The number of thiazole rings is 1. The van der Waals surface area contributed by atoms with Crippen LogP contribution in [0.2, 0.25) is 10.0 Å². The standard InChI is InChI=1S/C25H25Cl2N3O4S/c1-33-21-8-4-5-9-22(21)34-13-23-28-20(14-35-23)25(32)30-19-7-3-2-6-18(19)29-24(31)16-11-10-15(26)12-17(16)27/h4-5,8-12,14,18-19H,2-3,6-7,13H2,1H3,(H,29,31)(H,30,32). The molecule has 0 saturated heterocycles. The van der Waals surface area contributed by atoms with Crippen LogP contribution in [0, 0.1) is 0 Å². The van der Waals surface area contributed by atoms with Crippen LogP contribution in [-0.4, -0.2) is 36.0 Å². The number of aromatic nitrogens is 1. The molecule has 2 aromatic carbocycles. The van der Waals surface area contributed by atoms with Gasteiger partial charge in [-0.1, -0.05) is 48.2 Å². The lowest BCUT2D eigenvalue weighted by molar-refractivity contribution is 0.0860. The van der Waals surface area contributed by atoms with Gasteiger partial charge < -0.3 is 20.1 Å². The number of rotatable bonds is 8. The quantitative estimate of drug-likeness (QED) is 0.398. The minimum Gasteiger partial charge on any atom is -0.493 e. The van der Waals surface area contributed by atoms with E-state index >= 15 is 0 Å². The highest BCUT2D eigenvalue weighted by Crippen LogP contribution is 2.27. The number of amides is 2. The van der Waals surface area contributed by atoms with Gasteiger partial charge in [0.05, 0.1) is 17.7 Å². The summed E-state index contributed by atoms with van der Waals surface area (Å²) >= 11 is 13.5. The van der Waals surface area contributed by atoms with Gasteiger partial charge in [-0.25, -0.2) is 4.98 Å². The molecule has 2 atom stereocenters. The van der Waals surface area contributed by atoms with Gasteiger partial charge in [0.1, 0.15) is 17.3 Å². The predicted molar refractivity (Wildman–Crippen MR) is 137 cm³/mol. The Hall–Kier alpha value is -2.81. The van der Waals surface area contributed by atoms with E-state index in [-0.39, 0.29) is 35.5 Å². The van der Waals surface area contributed by atoms with E-state index in [2.05, 4.69) is 15.6 Å². The van der Waals surface area contributed by atoms with Crippen molar-refractivity contribution in [2.75, 3.05) is 7.11 Å². The van der Waals surface area contributed by atoms with Crippen LogP contribution in [0.25, 0.3) is 0 Å². The second kappa shape index (κ2) is 11.7. The van der Waals surface area contributed by atoms with Gasteiger partial charge in [0.2, 0.25) is 0 Å². The first kappa shape index (κ1) is 25.3. The van der Waals surface area contributed by atoms with Crippen molar-refractivity contribution >= 4 is 46.4 Å². The van der Waals surface area contributed by atoms with E-state index in [4.69, 9.17) is 32.7 Å². The molecule has 0 radical (unpaired) electrons. The van der Waals surface area contributed by atoms with E-state index < -0.39 is 0 Å². The lowest BCUT2D eigenvalue weighted by Gasteiger charge is -2.32. The highest BCUT2D eigenvalue weighted by molar-refractivity contribution is 7.09. The maximum absolute atomic E-state index is 12.9. The normalized spacial score (nSPS) is 17.5. The minimum atomic E-state index is -0.290. The van der Waals surface area contributed by atoms with Crippen molar-refractivity contribution < 1.29 is 19.1 Å². The SMILES string of the molecule is COc1ccccc1OCc1nc(C(=O)NC2CCCCC2NC(=O)c2ccc(Cl)cc2Cl)cs1. The van der Waals surface area contributed by atoms with Gasteiger partial charge in [0, 0.05) is 22.5 Å². The van der Waals surface area contributed by atoms with Crippen LogP contribution in [0.5, 0.6) is 11.5 Å². The Morgan fingerprint density at radius 2 is 1.71 bits per heavy atom. The fraction of sp³-hybridized carbons (Fsp3) is 0.320. The molecule has 1 aliphatic rings. The summed E-state index contributed by atoms with van der Waals surface area (Å²) in [5.74, 6) is 0.674. The molecular weight excluding hydrogens is 509 g/mol. The van der Waals surface area contributed by atoms with Gasteiger partial charge in [-0.05, 0) is 43.2 Å². The lowest BCUT2D eigenvalue weighted by Crippen LogP contribution is -2.53. The summed E-state index contributed by atoms with van der Waals surface area (Å²) in [6, 6.07) is 11.7. The number of para-hydroxylation sites is 2.